The lowest BCUT2D eigenvalue weighted by molar-refractivity contribution is -0.0278. The molecule has 2 N–H and O–H groups in total. The van der Waals surface area contributed by atoms with Gasteiger partial charge >= 0.3 is 6.16 Å². The lowest BCUT2D eigenvalue weighted by Gasteiger charge is -2.24. The van der Waals surface area contributed by atoms with Crippen LogP contribution in [0.1, 0.15) is 40.0 Å². The van der Waals surface area contributed by atoms with Gasteiger partial charge in [0, 0.05) is 6.42 Å². The van der Waals surface area contributed by atoms with Crippen molar-refractivity contribution >= 4 is 6.16 Å². The van der Waals surface area contributed by atoms with Crippen molar-refractivity contribution in [3.63, 3.8) is 0 Å². The van der Waals surface area contributed by atoms with Crippen molar-refractivity contribution in [1.82, 2.24) is 0 Å². The third-order valence-electron chi connectivity index (χ3n) is 2.49. The number of carbonyl (C=O) groups excluding carboxylic acids is 1. The van der Waals surface area contributed by atoms with E-state index < -0.39 is 30.1 Å². The summed E-state index contributed by atoms with van der Waals surface area (Å²) in [5.74, 6) is 0. The van der Waals surface area contributed by atoms with Crippen LogP contribution in [0.5, 0.6) is 0 Å². The summed E-state index contributed by atoms with van der Waals surface area (Å²) in [6.45, 7) is 5.25. The topological polar surface area (TPSA) is 76.0 Å². The third-order valence-corrected chi connectivity index (χ3v) is 2.49. The SMILES string of the molecule is CC(C)(C)OC(=O)OC1/C=C/C(O)CCC(O)C1. The van der Waals surface area contributed by atoms with Crippen LogP contribution in [-0.4, -0.2) is 40.3 Å². The van der Waals surface area contributed by atoms with Crippen LogP contribution in [0.4, 0.5) is 4.79 Å². The molecule has 1 aliphatic rings. The maximum absolute atomic E-state index is 11.5. The molecule has 5 nitrogen and oxygen atoms in total. The van der Waals surface area contributed by atoms with Gasteiger partial charge in [-0.2, -0.15) is 0 Å². The Morgan fingerprint density at radius 1 is 1.22 bits per heavy atom. The molecule has 0 aromatic heterocycles. The molecule has 1 rings (SSSR count). The largest absolute Gasteiger partial charge is 0.509 e. The van der Waals surface area contributed by atoms with Crippen molar-refractivity contribution in [2.45, 2.75) is 63.9 Å². The fourth-order valence-corrected chi connectivity index (χ4v) is 1.66. The Kier molecular flexibility index (Phi) is 5.16. The minimum absolute atomic E-state index is 0.322. The van der Waals surface area contributed by atoms with E-state index in [1.54, 1.807) is 32.9 Å². The van der Waals surface area contributed by atoms with Crippen LogP contribution in [-0.2, 0) is 9.47 Å². The zero-order chi connectivity index (χ0) is 13.8. The van der Waals surface area contributed by atoms with Gasteiger partial charge in [-0.3, -0.25) is 0 Å². The molecule has 0 spiro atoms. The Morgan fingerprint density at radius 2 is 1.89 bits per heavy atom. The molecule has 5 heteroatoms. The maximum Gasteiger partial charge on any atom is 0.509 e. The second-order valence-corrected chi connectivity index (χ2v) is 5.54. The van der Waals surface area contributed by atoms with Crippen LogP contribution in [0.15, 0.2) is 12.2 Å². The minimum Gasteiger partial charge on any atom is -0.429 e. The summed E-state index contributed by atoms with van der Waals surface area (Å²) < 4.78 is 10.1. The zero-order valence-electron chi connectivity index (χ0n) is 11.1. The van der Waals surface area contributed by atoms with Crippen molar-refractivity contribution in [2.24, 2.45) is 0 Å². The van der Waals surface area contributed by atoms with E-state index in [9.17, 15) is 15.0 Å². The van der Waals surface area contributed by atoms with Gasteiger partial charge < -0.3 is 19.7 Å². The average Bonchev–Trinajstić information content (AvgIpc) is 2.18. The van der Waals surface area contributed by atoms with Crippen LogP contribution in [0.2, 0.25) is 0 Å². The first-order valence-corrected chi connectivity index (χ1v) is 6.20. The second-order valence-electron chi connectivity index (χ2n) is 5.54. The smallest absolute Gasteiger partial charge is 0.429 e. The van der Waals surface area contributed by atoms with E-state index >= 15 is 0 Å². The van der Waals surface area contributed by atoms with Crippen molar-refractivity contribution < 1.29 is 24.5 Å². The Balaban J connectivity index is 2.55. The summed E-state index contributed by atoms with van der Waals surface area (Å²) in [5.41, 5.74) is -0.611. The maximum atomic E-state index is 11.5. The molecule has 0 fully saturated rings. The van der Waals surface area contributed by atoms with E-state index in [1.165, 1.54) is 0 Å². The summed E-state index contributed by atoms with van der Waals surface area (Å²) in [7, 11) is 0. The van der Waals surface area contributed by atoms with Crippen molar-refractivity contribution in [3.8, 4) is 0 Å². The van der Waals surface area contributed by atoms with E-state index in [-0.39, 0.29) is 0 Å². The molecule has 0 aliphatic heterocycles. The summed E-state index contributed by atoms with van der Waals surface area (Å²) in [6, 6.07) is 0. The molecule has 3 unspecified atom stereocenters. The summed E-state index contributed by atoms with van der Waals surface area (Å²) in [4.78, 5) is 11.5. The molecular weight excluding hydrogens is 236 g/mol. The van der Waals surface area contributed by atoms with E-state index in [4.69, 9.17) is 9.47 Å². The van der Waals surface area contributed by atoms with Crippen LogP contribution in [0.3, 0.4) is 0 Å². The Morgan fingerprint density at radius 3 is 2.50 bits per heavy atom. The number of hydrogen-bond donors (Lipinski definition) is 2. The fraction of sp³-hybridized carbons (Fsp3) is 0.769. The highest BCUT2D eigenvalue weighted by molar-refractivity contribution is 5.61. The van der Waals surface area contributed by atoms with E-state index in [0.29, 0.717) is 19.3 Å². The van der Waals surface area contributed by atoms with Crippen LogP contribution in [0, 0.1) is 0 Å². The molecule has 0 bridgehead atoms. The number of hydrogen-bond acceptors (Lipinski definition) is 5. The normalized spacial score (nSPS) is 31.1. The number of aliphatic hydroxyl groups excluding tert-OH is 2. The van der Waals surface area contributed by atoms with Gasteiger partial charge in [-0.15, -0.1) is 0 Å². The van der Waals surface area contributed by atoms with Gasteiger partial charge in [-0.1, -0.05) is 6.08 Å². The van der Waals surface area contributed by atoms with Gasteiger partial charge in [0.1, 0.15) is 11.7 Å². The second kappa shape index (κ2) is 6.20. The Hall–Kier alpha value is -1.07. The molecule has 0 saturated carbocycles. The molecular formula is C13H22O5. The molecule has 0 aromatic rings. The first-order chi connectivity index (χ1) is 8.26. The summed E-state index contributed by atoms with van der Waals surface area (Å²) in [5, 5.41) is 19.2. The van der Waals surface area contributed by atoms with Crippen LogP contribution >= 0.6 is 0 Å². The van der Waals surface area contributed by atoms with E-state index in [1.807, 2.05) is 0 Å². The molecule has 0 radical (unpaired) electrons. The first-order valence-electron chi connectivity index (χ1n) is 6.20. The van der Waals surface area contributed by atoms with Crippen LogP contribution < -0.4 is 0 Å². The first kappa shape index (κ1) is 15.0. The summed E-state index contributed by atoms with van der Waals surface area (Å²) >= 11 is 0. The Bertz CT molecular complexity index is 305. The molecule has 0 saturated heterocycles. The highest BCUT2D eigenvalue weighted by Gasteiger charge is 2.23. The number of ether oxygens (including phenoxy) is 2. The molecule has 1 aliphatic carbocycles. The molecule has 104 valence electrons. The molecule has 0 heterocycles. The van der Waals surface area contributed by atoms with Gasteiger partial charge in [-0.05, 0) is 39.7 Å². The Labute approximate surface area is 107 Å². The lowest BCUT2D eigenvalue weighted by Crippen LogP contribution is -2.30. The van der Waals surface area contributed by atoms with Gasteiger partial charge in [0.2, 0.25) is 0 Å². The molecule has 0 aromatic carbocycles. The quantitative estimate of drug-likeness (QED) is 0.553. The van der Waals surface area contributed by atoms with E-state index in [0.717, 1.165) is 0 Å². The van der Waals surface area contributed by atoms with Gasteiger partial charge in [0.05, 0.1) is 12.2 Å². The van der Waals surface area contributed by atoms with Gasteiger partial charge in [0.25, 0.3) is 0 Å². The number of aliphatic hydroxyl groups is 2. The third kappa shape index (κ3) is 6.02. The molecule has 18 heavy (non-hydrogen) atoms. The summed E-state index contributed by atoms with van der Waals surface area (Å²) in [6.07, 6.45) is 1.97. The molecule has 3 atom stereocenters. The van der Waals surface area contributed by atoms with Crippen molar-refractivity contribution in [2.75, 3.05) is 0 Å². The van der Waals surface area contributed by atoms with Gasteiger partial charge in [0.15, 0.2) is 0 Å². The average molecular weight is 258 g/mol. The number of rotatable bonds is 1. The van der Waals surface area contributed by atoms with Crippen molar-refractivity contribution in [1.29, 1.82) is 0 Å². The van der Waals surface area contributed by atoms with Gasteiger partial charge in [-0.25, -0.2) is 4.79 Å². The lowest BCUT2D eigenvalue weighted by atomic mass is 10.00. The fourth-order valence-electron chi connectivity index (χ4n) is 1.66. The van der Waals surface area contributed by atoms with E-state index in [2.05, 4.69) is 0 Å². The monoisotopic (exact) mass is 258 g/mol. The standard InChI is InChI=1S/C13H22O5/c1-13(2,3)18-12(16)17-11-7-6-9(14)4-5-10(15)8-11/h6-7,9-11,14-15H,4-5,8H2,1-3H3/b7-6+. The minimum atomic E-state index is -0.764. The van der Waals surface area contributed by atoms with Crippen molar-refractivity contribution in [3.05, 3.63) is 12.2 Å². The molecule has 0 amide bonds. The predicted molar refractivity (Wildman–Crippen MR) is 66.1 cm³/mol. The zero-order valence-corrected chi connectivity index (χ0v) is 11.1. The highest BCUT2D eigenvalue weighted by atomic mass is 16.7. The predicted octanol–water partition coefficient (Wildman–Crippen LogP) is 1.77. The number of carbonyl (C=O) groups is 1. The van der Waals surface area contributed by atoms with Crippen LogP contribution in [0.25, 0.3) is 0 Å². The highest BCUT2D eigenvalue weighted by Crippen LogP contribution is 2.17.